The van der Waals surface area contributed by atoms with E-state index in [9.17, 15) is 4.79 Å². The molecule has 3 rings (SSSR count). The van der Waals surface area contributed by atoms with Gasteiger partial charge in [-0.15, -0.1) is 5.10 Å². The van der Waals surface area contributed by atoms with E-state index in [0.717, 1.165) is 11.3 Å². The van der Waals surface area contributed by atoms with E-state index in [0.29, 0.717) is 6.54 Å². The van der Waals surface area contributed by atoms with E-state index in [-0.39, 0.29) is 11.6 Å². The van der Waals surface area contributed by atoms with Gasteiger partial charge in [-0.3, -0.25) is 9.89 Å². The van der Waals surface area contributed by atoms with Crippen LogP contribution in [0.3, 0.4) is 0 Å². The first kappa shape index (κ1) is 12.1. The van der Waals surface area contributed by atoms with Crippen molar-refractivity contribution < 1.29 is 4.79 Å². The van der Waals surface area contributed by atoms with Crippen molar-refractivity contribution in [2.24, 2.45) is 0 Å². The van der Waals surface area contributed by atoms with Crippen molar-refractivity contribution in [3.8, 4) is 5.69 Å². The van der Waals surface area contributed by atoms with Crippen LogP contribution in [0.15, 0.2) is 48.9 Å². The van der Waals surface area contributed by atoms with Gasteiger partial charge in [-0.2, -0.15) is 15.0 Å². The van der Waals surface area contributed by atoms with Crippen molar-refractivity contribution in [1.82, 2.24) is 30.5 Å². The average molecular weight is 268 g/mol. The summed E-state index contributed by atoms with van der Waals surface area (Å²) in [6.07, 6.45) is 4.82. The van der Waals surface area contributed by atoms with Crippen LogP contribution >= 0.6 is 0 Å². The number of H-pyrrole nitrogens is 1. The number of aromatic amines is 1. The second-order valence-corrected chi connectivity index (χ2v) is 4.14. The summed E-state index contributed by atoms with van der Waals surface area (Å²) in [6, 6.07) is 9.42. The lowest BCUT2D eigenvalue weighted by Gasteiger charge is -2.00. The number of amides is 1. The molecule has 0 aliphatic rings. The fourth-order valence-electron chi connectivity index (χ4n) is 1.70. The molecule has 0 spiro atoms. The van der Waals surface area contributed by atoms with Gasteiger partial charge in [0.2, 0.25) is 0 Å². The Morgan fingerprint density at radius 2 is 2.10 bits per heavy atom. The SMILES string of the molecule is O=C(NCc1cn[nH]c1)c1cnn(-c2ccccc2)n1. The molecule has 0 unspecified atom stereocenters. The third kappa shape index (κ3) is 2.56. The van der Waals surface area contributed by atoms with Gasteiger partial charge in [0.25, 0.3) is 5.91 Å². The highest BCUT2D eigenvalue weighted by molar-refractivity contribution is 5.91. The molecule has 0 bridgehead atoms. The van der Waals surface area contributed by atoms with E-state index >= 15 is 0 Å². The molecule has 20 heavy (non-hydrogen) atoms. The predicted molar refractivity (Wildman–Crippen MR) is 71.1 cm³/mol. The molecular formula is C13H12N6O. The molecular weight excluding hydrogens is 256 g/mol. The molecule has 1 aromatic carbocycles. The summed E-state index contributed by atoms with van der Waals surface area (Å²) in [5, 5.41) is 17.5. The van der Waals surface area contributed by atoms with E-state index in [1.54, 1.807) is 12.4 Å². The Morgan fingerprint density at radius 1 is 1.25 bits per heavy atom. The molecule has 0 radical (unpaired) electrons. The average Bonchev–Trinajstić information content (AvgIpc) is 3.17. The number of nitrogens with one attached hydrogen (secondary N) is 2. The van der Waals surface area contributed by atoms with Gasteiger partial charge >= 0.3 is 0 Å². The molecule has 7 heteroatoms. The third-order valence-electron chi connectivity index (χ3n) is 2.72. The van der Waals surface area contributed by atoms with Crippen LogP contribution in [0.5, 0.6) is 0 Å². The van der Waals surface area contributed by atoms with Crippen molar-refractivity contribution in [2.75, 3.05) is 0 Å². The van der Waals surface area contributed by atoms with Crippen LogP contribution in [0, 0.1) is 0 Å². The van der Waals surface area contributed by atoms with Gasteiger partial charge < -0.3 is 5.32 Å². The van der Waals surface area contributed by atoms with Crippen LogP contribution in [-0.4, -0.2) is 31.1 Å². The Morgan fingerprint density at radius 3 is 2.85 bits per heavy atom. The van der Waals surface area contributed by atoms with Gasteiger partial charge in [-0.25, -0.2) is 0 Å². The van der Waals surface area contributed by atoms with Crippen LogP contribution in [0.2, 0.25) is 0 Å². The second-order valence-electron chi connectivity index (χ2n) is 4.14. The Bertz CT molecular complexity index is 689. The molecule has 2 heterocycles. The molecule has 1 amide bonds. The maximum atomic E-state index is 11.9. The third-order valence-corrected chi connectivity index (χ3v) is 2.72. The molecule has 0 atom stereocenters. The van der Waals surface area contributed by atoms with E-state index in [2.05, 4.69) is 25.7 Å². The van der Waals surface area contributed by atoms with Crippen LogP contribution in [0.25, 0.3) is 5.69 Å². The Hall–Kier alpha value is -2.96. The summed E-state index contributed by atoms with van der Waals surface area (Å²) in [6.45, 7) is 0.396. The lowest BCUT2D eigenvalue weighted by molar-refractivity contribution is 0.0945. The summed E-state index contributed by atoms with van der Waals surface area (Å²) in [4.78, 5) is 13.4. The maximum Gasteiger partial charge on any atom is 0.273 e. The minimum atomic E-state index is -0.270. The number of para-hydroxylation sites is 1. The summed E-state index contributed by atoms with van der Waals surface area (Å²) < 4.78 is 0. The highest BCUT2D eigenvalue weighted by Crippen LogP contribution is 2.04. The molecule has 0 fully saturated rings. The van der Waals surface area contributed by atoms with E-state index in [4.69, 9.17) is 0 Å². The van der Waals surface area contributed by atoms with Gasteiger partial charge in [0.1, 0.15) is 0 Å². The number of benzene rings is 1. The highest BCUT2D eigenvalue weighted by Gasteiger charge is 2.11. The van der Waals surface area contributed by atoms with E-state index in [1.807, 2.05) is 30.3 Å². The zero-order valence-electron chi connectivity index (χ0n) is 10.5. The molecule has 3 aromatic rings. The fraction of sp³-hybridized carbons (Fsp3) is 0.0769. The van der Waals surface area contributed by atoms with Crippen LogP contribution < -0.4 is 5.32 Å². The van der Waals surface area contributed by atoms with Crippen molar-refractivity contribution in [1.29, 1.82) is 0 Å². The summed E-state index contributed by atoms with van der Waals surface area (Å²) in [5.41, 5.74) is 1.98. The number of rotatable bonds is 4. The van der Waals surface area contributed by atoms with Crippen molar-refractivity contribution in [3.63, 3.8) is 0 Å². The lowest BCUT2D eigenvalue weighted by atomic mass is 10.3. The first-order valence-electron chi connectivity index (χ1n) is 6.06. The van der Waals surface area contributed by atoms with E-state index < -0.39 is 0 Å². The summed E-state index contributed by atoms with van der Waals surface area (Å²) >= 11 is 0. The number of hydrogen-bond acceptors (Lipinski definition) is 4. The first-order valence-corrected chi connectivity index (χ1v) is 6.06. The van der Waals surface area contributed by atoms with Gasteiger partial charge in [-0.1, -0.05) is 18.2 Å². The topological polar surface area (TPSA) is 88.5 Å². The van der Waals surface area contributed by atoms with E-state index in [1.165, 1.54) is 11.0 Å². The first-order chi connectivity index (χ1) is 9.83. The Labute approximate surface area is 114 Å². The number of aromatic nitrogens is 5. The molecule has 0 aliphatic heterocycles. The molecule has 100 valence electrons. The fourth-order valence-corrected chi connectivity index (χ4v) is 1.70. The number of nitrogens with zero attached hydrogens (tertiary/aromatic N) is 4. The molecule has 0 aliphatic carbocycles. The van der Waals surface area contributed by atoms with Gasteiger partial charge in [-0.05, 0) is 12.1 Å². The molecule has 0 saturated carbocycles. The number of carbonyl (C=O) groups is 1. The molecule has 7 nitrogen and oxygen atoms in total. The Balaban J connectivity index is 1.69. The zero-order chi connectivity index (χ0) is 13.8. The highest BCUT2D eigenvalue weighted by atomic mass is 16.2. The standard InChI is InChI=1S/C13H12N6O/c20-13(14-6-10-7-15-16-8-10)12-9-17-19(18-12)11-4-2-1-3-5-11/h1-5,7-9H,6H2,(H,14,20)(H,15,16). The van der Waals surface area contributed by atoms with Crippen LogP contribution in [0.1, 0.15) is 16.1 Å². The van der Waals surface area contributed by atoms with Gasteiger partial charge in [0, 0.05) is 18.3 Å². The zero-order valence-corrected chi connectivity index (χ0v) is 10.5. The normalized spacial score (nSPS) is 10.4. The second kappa shape index (κ2) is 5.35. The minimum Gasteiger partial charge on any atom is -0.346 e. The molecule has 2 aromatic heterocycles. The maximum absolute atomic E-state index is 11.9. The van der Waals surface area contributed by atoms with Crippen molar-refractivity contribution in [2.45, 2.75) is 6.54 Å². The number of hydrogen-bond donors (Lipinski definition) is 2. The monoisotopic (exact) mass is 268 g/mol. The van der Waals surface area contributed by atoms with Crippen molar-refractivity contribution >= 4 is 5.91 Å². The largest absolute Gasteiger partial charge is 0.346 e. The predicted octanol–water partition coefficient (Wildman–Crippen LogP) is 0.920. The smallest absolute Gasteiger partial charge is 0.273 e. The van der Waals surface area contributed by atoms with Gasteiger partial charge in [0.05, 0.1) is 18.1 Å². The van der Waals surface area contributed by atoms with Crippen LogP contribution in [0.4, 0.5) is 0 Å². The van der Waals surface area contributed by atoms with Crippen molar-refractivity contribution in [3.05, 3.63) is 60.2 Å². The summed E-state index contributed by atoms with van der Waals surface area (Å²) in [5.74, 6) is -0.270. The Kier molecular flexibility index (Phi) is 3.24. The van der Waals surface area contributed by atoms with Gasteiger partial charge in [0.15, 0.2) is 5.69 Å². The van der Waals surface area contributed by atoms with Crippen LogP contribution in [-0.2, 0) is 6.54 Å². The number of carbonyl (C=O) groups excluding carboxylic acids is 1. The quantitative estimate of drug-likeness (QED) is 0.736. The minimum absolute atomic E-state index is 0.270. The molecule has 2 N–H and O–H groups in total. The molecule has 0 saturated heterocycles. The summed E-state index contributed by atoms with van der Waals surface area (Å²) in [7, 11) is 0. The lowest BCUT2D eigenvalue weighted by Crippen LogP contribution is -2.23.